The monoisotopic (exact) mass is 397 g/mol. The number of pyridine rings is 2. The van der Waals surface area contributed by atoms with Crippen molar-refractivity contribution in [3.8, 4) is 28.8 Å². The summed E-state index contributed by atoms with van der Waals surface area (Å²) < 4.78 is 10.6. The lowest BCUT2D eigenvalue weighted by Crippen LogP contribution is -1.94. The van der Waals surface area contributed by atoms with Crippen LogP contribution in [-0.4, -0.2) is 24.2 Å². The second-order valence-electron chi connectivity index (χ2n) is 5.51. The van der Waals surface area contributed by atoms with Crippen molar-refractivity contribution in [2.75, 3.05) is 14.2 Å². The van der Waals surface area contributed by atoms with Crippen LogP contribution < -0.4 is 9.47 Å². The van der Waals surface area contributed by atoms with Crippen molar-refractivity contribution in [1.29, 1.82) is 5.26 Å². The average molecular weight is 398 g/mol. The zero-order valence-corrected chi connectivity index (χ0v) is 16.3. The van der Waals surface area contributed by atoms with Crippen LogP contribution in [0.2, 0.25) is 5.15 Å². The molecule has 3 rings (SSSR count). The first-order valence-corrected chi connectivity index (χ1v) is 9.37. The molecule has 2 heterocycles. The molecule has 0 N–H and O–H groups in total. The Balaban J connectivity index is 1.89. The number of halogens is 1. The zero-order valence-electron chi connectivity index (χ0n) is 14.8. The molecule has 0 saturated carbocycles. The maximum atomic E-state index is 9.39. The number of ether oxygens (including phenoxy) is 2. The van der Waals surface area contributed by atoms with Gasteiger partial charge in [-0.15, -0.1) is 11.8 Å². The Kier molecular flexibility index (Phi) is 6.17. The Morgan fingerprint density at radius 2 is 1.89 bits per heavy atom. The third-order valence-electron chi connectivity index (χ3n) is 3.82. The number of benzene rings is 1. The number of methoxy groups -OCH3 is 2. The van der Waals surface area contributed by atoms with E-state index in [9.17, 15) is 5.26 Å². The van der Waals surface area contributed by atoms with Gasteiger partial charge in [-0.05, 0) is 42.0 Å². The summed E-state index contributed by atoms with van der Waals surface area (Å²) >= 11 is 7.30. The zero-order chi connectivity index (χ0) is 19.2. The van der Waals surface area contributed by atoms with Gasteiger partial charge >= 0.3 is 0 Å². The third kappa shape index (κ3) is 4.51. The molecule has 27 heavy (non-hydrogen) atoms. The lowest BCUT2D eigenvalue weighted by Gasteiger charge is -2.10. The Hall–Kier alpha value is -2.75. The standard InChI is InChI=1S/C20H16ClN3O2S/c1-25-17-7-5-14(9-18(17)26-2)16-6-4-15(10-22)20(24-16)27-12-13-3-8-19(21)23-11-13/h3-9,11H,12H2,1-2H3. The van der Waals surface area contributed by atoms with Gasteiger partial charge in [0.1, 0.15) is 16.2 Å². The molecular formula is C20H16ClN3O2S. The summed E-state index contributed by atoms with van der Waals surface area (Å²) in [5, 5.41) is 10.5. The highest BCUT2D eigenvalue weighted by atomic mass is 35.5. The Morgan fingerprint density at radius 1 is 1.07 bits per heavy atom. The van der Waals surface area contributed by atoms with E-state index in [-0.39, 0.29) is 0 Å². The number of rotatable bonds is 6. The van der Waals surface area contributed by atoms with Gasteiger partial charge < -0.3 is 9.47 Å². The molecule has 0 fully saturated rings. The molecule has 0 spiro atoms. The van der Waals surface area contributed by atoms with E-state index in [1.165, 1.54) is 11.8 Å². The van der Waals surface area contributed by atoms with E-state index in [0.717, 1.165) is 16.8 Å². The van der Waals surface area contributed by atoms with Gasteiger partial charge in [-0.1, -0.05) is 17.7 Å². The smallest absolute Gasteiger partial charge is 0.161 e. The van der Waals surface area contributed by atoms with Crippen LogP contribution in [0.4, 0.5) is 0 Å². The molecule has 0 aliphatic carbocycles. The molecule has 3 aromatic rings. The van der Waals surface area contributed by atoms with Crippen LogP contribution in [0, 0.1) is 11.3 Å². The molecule has 0 bridgehead atoms. The van der Waals surface area contributed by atoms with Crippen molar-refractivity contribution in [3.05, 3.63) is 64.9 Å². The fourth-order valence-corrected chi connectivity index (χ4v) is 3.45. The second kappa shape index (κ2) is 8.76. The summed E-state index contributed by atoms with van der Waals surface area (Å²) in [4.78, 5) is 8.75. The second-order valence-corrected chi connectivity index (χ2v) is 6.86. The summed E-state index contributed by atoms with van der Waals surface area (Å²) in [6.07, 6.45) is 1.72. The average Bonchev–Trinajstić information content (AvgIpc) is 2.72. The lowest BCUT2D eigenvalue weighted by molar-refractivity contribution is 0.355. The highest BCUT2D eigenvalue weighted by molar-refractivity contribution is 7.98. The van der Waals surface area contributed by atoms with Crippen LogP contribution >= 0.6 is 23.4 Å². The van der Waals surface area contributed by atoms with Crippen molar-refractivity contribution < 1.29 is 9.47 Å². The molecule has 0 radical (unpaired) electrons. The fourth-order valence-electron chi connectivity index (χ4n) is 2.44. The predicted octanol–water partition coefficient (Wildman–Crippen LogP) is 4.98. The van der Waals surface area contributed by atoms with E-state index in [0.29, 0.717) is 33.0 Å². The van der Waals surface area contributed by atoms with Gasteiger partial charge in [-0.3, -0.25) is 0 Å². The van der Waals surface area contributed by atoms with E-state index in [1.54, 1.807) is 32.5 Å². The number of aromatic nitrogens is 2. The maximum Gasteiger partial charge on any atom is 0.161 e. The Morgan fingerprint density at radius 3 is 2.56 bits per heavy atom. The van der Waals surface area contributed by atoms with Gasteiger partial charge in [0.25, 0.3) is 0 Å². The highest BCUT2D eigenvalue weighted by Crippen LogP contribution is 2.33. The first-order valence-electron chi connectivity index (χ1n) is 8.01. The molecule has 0 aliphatic rings. The van der Waals surface area contributed by atoms with Crippen LogP contribution in [0.1, 0.15) is 11.1 Å². The molecule has 2 aromatic heterocycles. The molecule has 7 heteroatoms. The molecule has 0 atom stereocenters. The van der Waals surface area contributed by atoms with Crippen molar-refractivity contribution >= 4 is 23.4 Å². The van der Waals surface area contributed by atoms with Crippen molar-refractivity contribution in [1.82, 2.24) is 9.97 Å². The first kappa shape index (κ1) is 19.0. The SMILES string of the molecule is COc1ccc(-c2ccc(C#N)c(SCc3ccc(Cl)nc3)n2)cc1OC. The molecule has 1 aromatic carbocycles. The predicted molar refractivity (Wildman–Crippen MR) is 106 cm³/mol. The van der Waals surface area contributed by atoms with E-state index in [2.05, 4.69) is 16.0 Å². The minimum Gasteiger partial charge on any atom is -0.493 e. The van der Waals surface area contributed by atoms with E-state index in [1.807, 2.05) is 30.3 Å². The van der Waals surface area contributed by atoms with Gasteiger partial charge in [0, 0.05) is 17.5 Å². The van der Waals surface area contributed by atoms with E-state index in [4.69, 9.17) is 21.1 Å². The summed E-state index contributed by atoms with van der Waals surface area (Å²) in [6.45, 7) is 0. The summed E-state index contributed by atoms with van der Waals surface area (Å²) in [5.41, 5.74) is 3.18. The summed E-state index contributed by atoms with van der Waals surface area (Å²) in [7, 11) is 3.19. The number of nitriles is 1. The van der Waals surface area contributed by atoms with Crippen molar-refractivity contribution in [3.63, 3.8) is 0 Å². The van der Waals surface area contributed by atoms with Gasteiger partial charge in [0.05, 0.1) is 25.5 Å². The largest absolute Gasteiger partial charge is 0.493 e. The molecule has 0 aliphatic heterocycles. The van der Waals surface area contributed by atoms with Crippen LogP contribution in [0.5, 0.6) is 11.5 Å². The van der Waals surface area contributed by atoms with Gasteiger partial charge in [-0.2, -0.15) is 5.26 Å². The van der Waals surface area contributed by atoms with Crippen molar-refractivity contribution in [2.24, 2.45) is 0 Å². The Labute approximate surface area is 166 Å². The van der Waals surface area contributed by atoms with Crippen LogP contribution in [-0.2, 0) is 5.75 Å². The minimum absolute atomic E-state index is 0.454. The molecular weight excluding hydrogens is 382 g/mol. The minimum atomic E-state index is 0.454. The molecule has 5 nitrogen and oxygen atoms in total. The summed E-state index contributed by atoms with van der Waals surface area (Å²) in [6, 6.07) is 15.1. The lowest BCUT2D eigenvalue weighted by atomic mass is 10.1. The number of hydrogen-bond donors (Lipinski definition) is 0. The van der Waals surface area contributed by atoms with E-state index < -0.39 is 0 Å². The van der Waals surface area contributed by atoms with Gasteiger partial charge in [0.15, 0.2) is 11.5 Å². The summed E-state index contributed by atoms with van der Waals surface area (Å²) in [5.74, 6) is 1.92. The molecule has 0 amide bonds. The number of nitrogens with zero attached hydrogens (tertiary/aromatic N) is 3. The Bertz CT molecular complexity index is 988. The van der Waals surface area contributed by atoms with Gasteiger partial charge in [-0.25, -0.2) is 9.97 Å². The molecule has 0 unspecified atom stereocenters. The van der Waals surface area contributed by atoms with Crippen LogP contribution in [0.25, 0.3) is 11.3 Å². The highest BCUT2D eigenvalue weighted by Gasteiger charge is 2.11. The first-order chi connectivity index (χ1) is 13.1. The topological polar surface area (TPSA) is 68.0 Å². The fraction of sp³-hybridized carbons (Fsp3) is 0.150. The molecule has 136 valence electrons. The normalized spacial score (nSPS) is 10.3. The number of thioether (sulfide) groups is 1. The van der Waals surface area contributed by atoms with E-state index >= 15 is 0 Å². The van der Waals surface area contributed by atoms with Crippen molar-refractivity contribution in [2.45, 2.75) is 10.8 Å². The molecule has 0 saturated heterocycles. The van der Waals surface area contributed by atoms with Gasteiger partial charge in [0.2, 0.25) is 0 Å². The van der Waals surface area contributed by atoms with Crippen LogP contribution in [0.3, 0.4) is 0 Å². The third-order valence-corrected chi connectivity index (χ3v) is 5.11. The quantitative estimate of drug-likeness (QED) is 0.431. The van der Waals surface area contributed by atoms with Crippen LogP contribution in [0.15, 0.2) is 53.7 Å². The number of hydrogen-bond acceptors (Lipinski definition) is 6. The maximum absolute atomic E-state index is 9.39.